The van der Waals surface area contributed by atoms with E-state index in [4.69, 9.17) is 13.9 Å². The van der Waals surface area contributed by atoms with Gasteiger partial charge in [-0.2, -0.15) is 0 Å². The first-order chi connectivity index (χ1) is 17.9. The number of amides is 2. The number of anilines is 1. The third kappa shape index (κ3) is 4.58. The van der Waals surface area contributed by atoms with E-state index in [0.717, 1.165) is 16.0 Å². The molecule has 37 heavy (non-hydrogen) atoms. The molecule has 9 heteroatoms. The Balaban J connectivity index is 1.31. The quantitative estimate of drug-likeness (QED) is 0.254. The first kappa shape index (κ1) is 23.9. The van der Waals surface area contributed by atoms with Crippen LogP contribution in [0.1, 0.15) is 62.5 Å². The third-order valence-electron chi connectivity index (χ3n) is 5.90. The molecule has 0 aliphatic carbocycles. The SMILES string of the molecule is CCOc1ccc(N2C(=O)c3ccc(C(=O)OC(C)c4nnc(-c5ccc(C)cc5)o4)cc3C2=O)cc1. The molecule has 1 aromatic heterocycles. The Labute approximate surface area is 212 Å². The predicted molar refractivity (Wildman–Crippen MR) is 133 cm³/mol. The van der Waals surface area contributed by atoms with Crippen LogP contribution in [0.5, 0.6) is 5.75 Å². The molecule has 0 fully saturated rings. The van der Waals surface area contributed by atoms with E-state index in [1.807, 2.05) is 38.1 Å². The summed E-state index contributed by atoms with van der Waals surface area (Å²) in [7, 11) is 0. The van der Waals surface area contributed by atoms with Crippen LogP contribution in [0.3, 0.4) is 0 Å². The number of hydrogen-bond acceptors (Lipinski definition) is 8. The van der Waals surface area contributed by atoms with Gasteiger partial charge in [-0.3, -0.25) is 9.59 Å². The van der Waals surface area contributed by atoms with E-state index in [1.54, 1.807) is 31.2 Å². The van der Waals surface area contributed by atoms with Crippen LogP contribution < -0.4 is 9.64 Å². The molecule has 9 nitrogen and oxygen atoms in total. The number of imide groups is 1. The average molecular weight is 498 g/mol. The Morgan fingerprint density at radius 3 is 2.35 bits per heavy atom. The van der Waals surface area contributed by atoms with Crippen molar-refractivity contribution in [1.29, 1.82) is 0 Å². The largest absolute Gasteiger partial charge is 0.494 e. The van der Waals surface area contributed by atoms with E-state index in [2.05, 4.69) is 10.2 Å². The van der Waals surface area contributed by atoms with Crippen molar-refractivity contribution in [3.8, 4) is 17.2 Å². The van der Waals surface area contributed by atoms with E-state index in [0.29, 0.717) is 23.9 Å². The van der Waals surface area contributed by atoms with Gasteiger partial charge in [-0.15, -0.1) is 10.2 Å². The lowest BCUT2D eigenvalue weighted by Gasteiger charge is -2.14. The topological polar surface area (TPSA) is 112 Å². The molecule has 0 saturated heterocycles. The number of carbonyl (C=O) groups is 3. The average Bonchev–Trinajstić information content (AvgIpc) is 3.49. The van der Waals surface area contributed by atoms with Crippen LogP contribution in [0.4, 0.5) is 5.69 Å². The van der Waals surface area contributed by atoms with E-state index in [1.165, 1.54) is 18.2 Å². The third-order valence-corrected chi connectivity index (χ3v) is 5.90. The highest BCUT2D eigenvalue weighted by Gasteiger charge is 2.37. The van der Waals surface area contributed by atoms with Gasteiger partial charge in [-0.1, -0.05) is 17.7 Å². The highest BCUT2D eigenvalue weighted by atomic mass is 16.6. The normalized spacial score (nSPS) is 13.4. The second kappa shape index (κ2) is 9.69. The Morgan fingerprint density at radius 1 is 0.946 bits per heavy atom. The highest BCUT2D eigenvalue weighted by molar-refractivity contribution is 6.34. The number of ether oxygens (including phenoxy) is 2. The zero-order valence-corrected chi connectivity index (χ0v) is 20.4. The van der Waals surface area contributed by atoms with Crippen molar-refractivity contribution < 1.29 is 28.3 Å². The van der Waals surface area contributed by atoms with Crippen molar-refractivity contribution in [3.63, 3.8) is 0 Å². The van der Waals surface area contributed by atoms with Gasteiger partial charge in [0.15, 0.2) is 6.10 Å². The van der Waals surface area contributed by atoms with Gasteiger partial charge in [0.1, 0.15) is 5.75 Å². The fourth-order valence-electron chi connectivity index (χ4n) is 3.95. The Bertz CT molecular complexity index is 1490. The van der Waals surface area contributed by atoms with Crippen LogP contribution >= 0.6 is 0 Å². The lowest BCUT2D eigenvalue weighted by molar-refractivity contribution is 0.0279. The number of benzene rings is 3. The van der Waals surface area contributed by atoms with Crippen molar-refractivity contribution in [1.82, 2.24) is 10.2 Å². The van der Waals surface area contributed by atoms with Crippen molar-refractivity contribution in [2.45, 2.75) is 26.9 Å². The molecule has 5 rings (SSSR count). The fourth-order valence-corrected chi connectivity index (χ4v) is 3.95. The van der Waals surface area contributed by atoms with E-state index >= 15 is 0 Å². The molecular weight excluding hydrogens is 474 g/mol. The number of esters is 1. The summed E-state index contributed by atoms with van der Waals surface area (Å²) in [6.07, 6.45) is -0.829. The van der Waals surface area contributed by atoms with E-state index in [9.17, 15) is 14.4 Å². The molecule has 0 N–H and O–H groups in total. The Hall–Kier alpha value is -4.79. The van der Waals surface area contributed by atoms with E-state index in [-0.39, 0.29) is 22.6 Å². The summed E-state index contributed by atoms with van der Waals surface area (Å²) in [5.41, 5.74) is 2.72. The molecule has 2 amide bonds. The maximum absolute atomic E-state index is 13.1. The molecule has 0 saturated carbocycles. The summed E-state index contributed by atoms with van der Waals surface area (Å²) in [5.74, 6) is -0.593. The maximum atomic E-state index is 13.1. The monoisotopic (exact) mass is 497 g/mol. The van der Waals surface area contributed by atoms with Gasteiger partial charge in [0.2, 0.25) is 5.89 Å². The van der Waals surface area contributed by atoms with Crippen LogP contribution in [-0.2, 0) is 4.74 Å². The molecule has 2 heterocycles. The first-order valence-electron chi connectivity index (χ1n) is 11.7. The lowest BCUT2D eigenvalue weighted by atomic mass is 10.1. The molecule has 1 aliphatic rings. The summed E-state index contributed by atoms with van der Waals surface area (Å²) in [5, 5.41) is 8.03. The molecule has 1 atom stereocenters. The molecule has 0 radical (unpaired) electrons. The van der Waals surface area contributed by atoms with Gasteiger partial charge in [0, 0.05) is 5.56 Å². The van der Waals surface area contributed by atoms with Gasteiger partial charge in [0.05, 0.1) is 29.0 Å². The predicted octanol–water partition coefficient (Wildman–Crippen LogP) is 5.16. The van der Waals surface area contributed by atoms with Crippen molar-refractivity contribution in [3.05, 3.63) is 94.9 Å². The number of rotatable bonds is 7. The lowest BCUT2D eigenvalue weighted by Crippen LogP contribution is -2.29. The minimum absolute atomic E-state index is 0.124. The molecule has 0 bridgehead atoms. The minimum Gasteiger partial charge on any atom is -0.494 e. The number of aromatic nitrogens is 2. The summed E-state index contributed by atoms with van der Waals surface area (Å²) >= 11 is 0. The van der Waals surface area contributed by atoms with Crippen LogP contribution in [0.2, 0.25) is 0 Å². The molecule has 0 spiro atoms. The second-order valence-electron chi connectivity index (χ2n) is 8.49. The van der Waals surface area contributed by atoms with Crippen LogP contribution in [0.15, 0.2) is 71.1 Å². The van der Waals surface area contributed by atoms with Gasteiger partial charge < -0.3 is 13.9 Å². The highest BCUT2D eigenvalue weighted by Crippen LogP contribution is 2.31. The van der Waals surface area contributed by atoms with E-state index < -0.39 is 23.9 Å². The van der Waals surface area contributed by atoms with Gasteiger partial charge in [-0.05, 0) is 75.4 Å². The summed E-state index contributed by atoms with van der Waals surface area (Å²) in [6.45, 7) is 5.96. The number of carbonyl (C=O) groups excluding carboxylic acids is 3. The summed E-state index contributed by atoms with van der Waals surface area (Å²) in [4.78, 5) is 39.9. The Kier molecular flexibility index (Phi) is 6.27. The molecule has 186 valence electrons. The molecule has 1 unspecified atom stereocenters. The molecule has 1 aliphatic heterocycles. The van der Waals surface area contributed by atoms with Crippen LogP contribution in [0, 0.1) is 6.92 Å². The smallest absolute Gasteiger partial charge is 0.338 e. The molecule has 3 aromatic carbocycles. The first-order valence-corrected chi connectivity index (χ1v) is 11.7. The van der Waals surface area contributed by atoms with Gasteiger partial charge in [-0.25, -0.2) is 9.69 Å². The number of fused-ring (bicyclic) bond motifs is 1. The number of nitrogens with zero attached hydrogens (tertiary/aromatic N) is 3. The fraction of sp³-hybridized carbons (Fsp3) is 0.179. The molecule has 4 aromatic rings. The number of hydrogen-bond donors (Lipinski definition) is 0. The standard InChI is InChI=1S/C28H23N3O6/c1-4-35-21-12-10-20(11-13-21)31-26(32)22-14-9-19(15-23(22)27(31)33)28(34)36-17(3)24-29-30-25(37-24)18-7-5-16(2)6-8-18/h5-15,17H,4H2,1-3H3. The minimum atomic E-state index is -0.829. The second-order valence-corrected chi connectivity index (χ2v) is 8.49. The van der Waals surface area contributed by atoms with Gasteiger partial charge in [0.25, 0.3) is 17.7 Å². The number of aryl methyl sites for hydroxylation is 1. The zero-order valence-electron chi connectivity index (χ0n) is 20.4. The summed E-state index contributed by atoms with van der Waals surface area (Å²) in [6, 6.07) is 18.5. The maximum Gasteiger partial charge on any atom is 0.338 e. The summed E-state index contributed by atoms with van der Waals surface area (Å²) < 4.78 is 16.6. The zero-order chi connectivity index (χ0) is 26.1. The van der Waals surface area contributed by atoms with Crippen LogP contribution in [-0.4, -0.2) is 34.6 Å². The molecular formula is C28H23N3O6. The van der Waals surface area contributed by atoms with Crippen molar-refractivity contribution in [2.24, 2.45) is 0 Å². The Morgan fingerprint density at radius 2 is 1.65 bits per heavy atom. The van der Waals surface area contributed by atoms with Crippen molar-refractivity contribution >= 4 is 23.5 Å². The van der Waals surface area contributed by atoms with Crippen LogP contribution in [0.25, 0.3) is 11.5 Å². The van der Waals surface area contributed by atoms with Gasteiger partial charge >= 0.3 is 5.97 Å². The van der Waals surface area contributed by atoms with Crippen molar-refractivity contribution in [2.75, 3.05) is 11.5 Å².